The fourth-order valence-corrected chi connectivity index (χ4v) is 2.22. The van der Waals surface area contributed by atoms with Gasteiger partial charge in [-0.25, -0.2) is 9.59 Å². The number of piperidine rings is 1. The summed E-state index contributed by atoms with van der Waals surface area (Å²) in [7, 11) is 0. The number of carbonyl (C=O) groups excluding carboxylic acids is 2. The predicted molar refractivity (Wildman–Crippen MR) is 73.6 cm³/mol. The monoisotopic (exact) mass is 297 g/mol. The van der Waals surface area contributed by atoms with Crippen LogP contribution in [-0.2, 0) is 16.1 Å². The van der Waals surface area contributed by atoms with E-state index in [1.54, 1.807) is 4.90 Å². The first-order valence-electron chi connectivity index (χ1n) is 6.47. The highest BCUT2D eigenvalue weighted by molar-refractivity contribution is 6.61. The molecule has 0 radical (unpaired) electrons. The molecule has 1 aromatic rings. The second kappa shape index (κ2) is 7.14. The van der Waals surface area contributed by atoms with Crippen molar-refractivity contribution in [3.63, 3.8) is 0 Å². The van der Waals surface area contributed by atoms with Crippen molar-refractivity contribution in [2.75, 3.05) is 13.1 Å². The van der Waals surface area contributed by atoms with Gasteiger partial charge in [0.1, 0.15) is 12.7 Å². The maximum absolute atomic E-state index is 11.9. The third-order valence-corrected chi connectivity index (χ3v) is 3.25. The summed E-state index contributed by atoms with van der Waals surface area (Å²) in [5.41, 5.74) is 0.155. The van der Waals surface area contributed by atoms with Crippen molar-refractivity contribution >= 4 is 23.1 Å². The minimum atomic E-state index is -0.796. The first-order valence-corrected chi connectivity index (χ1v) is 6.84. The van der Waals surface area contributed by atoms with E-state index in [0.717, 1.165) is 5.56 Å². The summed E-state index contributed by atoms with van der Waals surface area (Å²) in [6.07, 6.45) is 0.611. The van der Waals surface area contributed by atoms with E-state index in [1.807, 2.05) is 30.3 Å². The van der Waals surface area contributed by atoms with E-state index in [1.165, 1.54) is 0 Å². The molecular formula is C14H16ClNO4. The molecule has 1 aliphatic heterocycles. The van der Waals surface area contributed by atoms with E-state index in [-0.39, 0.29) is 18.8 Å². The van der Waals surface area contributed by atoms with Crippen molar-refractivity contribution in [1.29, 1.82) is 0 Å². The second-order valence-corrected chi connectivity index (χ2v) is 4.89. The maximum Gasteiger partial charge on any atom is 0.410 e. The number of benzene rings is 1. The summed E-state index contributed by atoms with van der Waals surface area (Å²) in [4.78, 5) is 24.1. The number of carbonyl (C=O) groups is 2. The predicted octanol–water partition coefficient (Wildman–Crippen LogP) is 3.16. The first kappa shape index (κ1) is 14.7. The molecule has 1 saturated heterocycles. The van der Waals surface area contributed by atoms with Gasteiger partial charge in [0, 0.05) is 37.5 Å². The molecule has 20 heavy (non-hydrogen) atoms. The summed E-state index contributed by atoms with van der Waals surface area (Å²) in [6.45, 7) is 1.27. The average molecular weight is 298 g/mol. The van der Waals surface area contributed by atoms with Crippen LogP contribution < -0.4 is 0 Å². The van der Waals surface area contributed by atoms with Crippen LogP contribution in [0.25, 0.3) is 0 Å². The lowest BCUT2D eigenvalue weighted by molar-refractivity contribution is 0.0491. The van der Waals surface area contributed by atoms with Gasteiger partial charge in [-0.3, -0.25) is 0 Å². The normalized spacial score (nSPS) is 15.8. The van der Waals surface area contributed by atoms with E-state index < -0.39 is 5.43 Å². The molecule has 1 heterocycles. The zero-order chi connectivity index (χ0) is 14.4. The Labute approximate surface area is 122 Å². The minimum Gasteiger partial charge on any atom is -0.450 e. The van der Waals surface area contributed by atoms with Gasteiger partial charge in [0.2, 0.25) is 0 Å². The van der Waals surface area contributed by atoms with E-state index in [2.05, 4.69) is 0 Å². The Morgan fingerprint density at radius 1 is 1.20 bits per heavy atom. The Morgan fingerprint density at radius 3 is 2.45 bits per heavy atom. The standard InChI is InChI=1S/C14H16ClNO4/c15-13(17)20-12-6-8-16(9-7-12)14(18)19-10-11-4-2-1-3-5-11/h1-5,12H,6-10H2. The fourth-order valence-electron chi connectivity index (χ4n) is 2.10. The molecule has 0 spiro atoms. The lowest BCUT2D eigenvalue weighted by Crippen LogP contribution is -2.41. The lowest BCUT2D eigenvalue weighted by atomic mass is 10.1. The number of likely N-dealkylation sites (tertiary alicyclic amines) is 1. The topological polar surface area (TPSA) is 55.8 Å². The molecule has 2 rings (SSSR count). The highest BCUT2D eigenvalue weighted by Gasteiger charge is 2.25. The molecule has 0 saturated carbocycles. The number of ether oxygens (including phenoxy) is 2. The molecule has 108 valence electrons. The summed E-state index contributed by atoms with van der Waals surface area (Å²) < 4.78 is 10.1. The van der Waals surface area contributed by atoms with Crippen LogP contribution in [0.2, 0.25) is 0 Å². The van der Waals surface area contributed by atoms with Gasteiger partial charge in [-0.15, -0.1) is 0 Å². The van der Waals surface area contributed by atoms with Gasteiger partial charge in [-0.1, -0.05) is 30.3 Å². The van der Waals surface area contributed by atoms with Crippen LogP contribution in [0.1, 0.15) is 18.4 Å². The molecular weight excluding hydrogens is 282 g/mol. The van der Waals surface area contributed by atoms with Crippen LogP contribution >= 0.6 is 11.6 Å². The lowest BCUT2D eigenvalue weighted by Gasteiger charge is -2.30. The van der Waals surface area contributed by atoms with Crippen molar-refractivity contribution in [2.24, 2.45) is 0 Å². The van der Waals surface area contributed by atoms with Crippen LogP contribution in [-0.4, -0.2) is 35.6 Å². The number of amides is 1. The number of hydrogen-bond donors (Lipinski definition) is 0. The third-order valence-electron chi connectivity index (χ3n) is 3.16. The molecule has 1 fully saturated rings. The van der Waals surface area contributed by atoms with Crippen LogP contribution in [0.4, 0.5) is 9.59 Å². The Bertz CT molecular complexity index is 458. The largest absolute Gasteiger partial charge is 0.450 e. The van der Waals surface area contributed by atoms with Gasteiger partial charge in [0.05, 0.1) is 0 Å². The van der Waals surface area contributed by atoms with Crippen molar-refractivity contribution in [3.05, 3.63) is 35.9 Å². The van der Waals surface area contributed by atoms with Crippen LogP contribution in [0.15, 0.2) is 30.3 Å². The molecule has 5 nitrogen and oxygen atoms in total. The van der Waals surface area contributed by atoms with Crippen LogP contribution in [0.3, 0.4) is 0 Å². The molecule has 0 bridgehead atoms. The number of rotatable bonds is 3. The van der Waals surface area contributed by atoms with E-state index in [0.29, 0.717) is 25.9 Å². The molecule has 0 aromatic heterocycles. The van der Waals surface area contributed by atoms with Crippen LogP contribution in [0.5, 0.6) is 0 Å². The molecule has 1 aromatic carbocycles. The summed E-state index contributed by atoms with van der Waals surface area (Å²) >= 11 is 5.16. The average Bonchev–Trinajstić information content (AvgIpc) is 2.46. The summed E-state index contributed by atoms with van der Waals surface area (Å²) in [5, 5.41) is 0. The summed E-state index contributed by atoms with van der Waals surface area (Å²) in [6, 6.07) is 9.51. The Morgan fingerprint density at radius 2 is 1.85 bits per heavy atom. The quantitative estimate of drug-likeness (QED) is 0.804. The number of hydrogen-bond acceptors (Lipinski definition) is 4. The smallest absolute Gasteiger partial charge is 0.410 e. The van der Waals surface area contributed by atoms with E-state index >= 15 is 0 Å². The fraction of sp³-hybridized carbons (Fsp3) is 0.429. The van der Waals surface area contributed by atoms with Crippen molar-refractivity contribution in [3.8, 4) is 0 Å². The highest BCUT2D eigenvalue weighted by Crippen LogP contribution is 2.16. The van der Waals surface area contributed by atoms with Gasteiger partial charge in [0.15, 0.2) is 0 Å². The van der Waals surface area contributed by atoms with Gasteiger partial charge in [0.25, 0.3) is 0 Å². The summed E-state index contributed by atoms with van der Waals surface area (Å²) in [5.74, 6) is 0. The highest BCUT2D eigenvalue weighted by atomic mass is 35.5. The molecule has 0 N–H and O–H groups in total. The molecule has 0 unspecified atom stereocenters. The molecule has 1 aliphatic rings. The molecule has 0 atom stereocenters. The van der Waals surface area contributed by atoms with Gasteiger partial charge < -0.3 is 14.4 Å². The Balaban J connectivity index is 1.73. The minimum absolute atomic E-state index is 0.210. The Kier molecular flexibility index (Phi) is 5.24. The van der Waals surface area contributed by atoms with Gasteiger partial charge in [-0.05, 0) is 5.56 Å². The zero-order valence-electron chi connectivity index (χ0n) is 11.0. The number of halogens is 1. The van der Waals surface area contributed by atoms with Crippen molar-refractivity contribution in [1.82, 2.24) is 4.90 Å². The third kappa shape index (κ3) is 4.42. The van der Waals surface area contributed by atoms with Crippen LogP contribution in [0, 0.1) is 0 Å². The molecule has 6 heteroatoms. The Hall–Kier alpha value is -1.75. The van der Waals surface area contributed by atoms with Gasteiger partial charge in [-0.2, -0.15) is 0 Å². The number of nitrogens with zero attached hydrogens (tertiary/aromatic N) is 1. The first-order chi connectivity index (χ1) is 9.65. The van der Waals surface area contributed by atoms with Gasteiger partial charge >= 0.3 is 11.5 Å². The maximum atomic E-state index is 11.9. The second-order valence-electron chi connectivity index (χ2n) is 4.58. The van der Waals surface area contributed by atoms with E-state index in [9.17, 15) is 9.59 Å². The van der Waals surface area contributed by atoms with Crippen molar-refractivity contribution in [2.45, 2.75) is 25.6 Å². The van der Waals surface area contributed by atoms with E-state index in [4.69, 9.17) is 21.1 Å². The zero-order valence-corrected chi connectivity index (χ0v) is 11.7. The molecule has 0 aliphatic carbocycles. The SMILES string of the molecule is O=C(Cl)OC1CCN(C(=O)OCc2ccccc2)CC1. The molecule has 1 amide bonds. The van der Waals surface area contributed by atoms with Crippen molar-refractivity contribution < 1.29 is 19.1 Å².